The molecule has 0 radical (unpaired) electrons. The normalized spacial score (nSPS) is 16.9. The molecule has 1 atom stereocenters. The topological polar surface area (TPSA) is 77.3 Å². The summed E-state index contributed by atoms with van der Waals surface area (Å²) in [5.41, 5.74) is 0.225. The summed E-state index contributed by atoms with van der Waals surface area (Å²) in [5, 5.41) is 0.739. The second kappa shape index (κ2) is 7.35. The number of benzene rings is 1. The van der Waals surface area contributed by atoms with E-state index < -0.39 is 6.09 Å². The van der Waals surface area contributed by atoms with E-state index in [0.29, 0.717) is 22.6 Å². The van der Waals surface area contributed by atoms with Crippen LogP contribution in [-0.4, -0.2) is 32.1 Å². The Bertz CT molecular complexity index is 1070. The zero-order valence-corrected chi connectivity index (χ0v) is 16.9. The summed E-state index contributed by atoms with van der Waals surface area (Å²) in [7, 11) is 1.72. The summed E-state index contributed by atoms with van der Waals surface area (Å²) in [6.45, 7) is 4.62. The van der Waals surface area contributed by atoms with Crippen LogP contribution in [0, 0.1) is 0 Å². The van der Waals surface area contributed by atoms with Crippen molar-refractivity contribution in [1.82, 2.24) is 19.4 Å². The first-order chi connectivity index (χ1) is 13.5. The molecule has 8 heteroatoms. The second-order valence-corrected chi connectivity index (χ2v) is 8.24. The Hall–Kier alpha value is -2.74. The number of nitrogens with zero attached hydrogens (tertiary/aromatic N) is 4. The summed E-state index contributed by atoms with van der Waals surface area (Å²) in [4.78, 5) is 36.9. The average molecular weight is 398 g/mol. The summed E-state index contributed by atoms with van der Waals surface area (Å²) in [5.74, 6) is 1.38. The van der Waals surface area contributed by atoms with Gasteiger partial charge in [0.1, 0.15) is 16.6 Å². The van der Waals surface area contributed by atoms with Crippen LogP contribution in [0.25, 0.3) is 10.3 Å². The first-order valence-electron chi connectivity index (χ1n) is 9.36. The highest BCUT2D eigenvalue weighted by Crippen LogP contribution is 2.36. The molecule has 1 aliphatic rings. The van der Waals surface area contributed by atoms with Gasteiger partial charge in [0.05, 0.1) is 6.04 Å². The Morgan fingerprint density at radius 2 is 2.00 bits per heavy atom. The first-order valence-corrected chi connectivity index (χ1v) is 10.2. The highest BCUT2D eigenvalue weighted by atomic mass is 32.1. The van der Waals surface area contributed by atoms with Gasteiger partial charge in [0.25, 0.3) is 5.56 Å². The Morgan fingerprint density at radius 3 is 2.71 bits per heavy atom. The standard InChI is InChI=1S/C20H22N4O3S/c1-12(2)16-22-18-15(19(25)23(16)3)21-17(28-18)14-10-7-11-24(14)20(26)27-13-8-5-4-6-9-13/h4-6,8-9,12,14H,7,10-11H2,1-3H3/t14-/m1/s1. The molecule has 0 unspecified atom stereocenters. The van der Waals surface area contributed by atoms with Crippen molar-refractivity contribution in [3.63, 3.8) is 0 Å². The van der Waals surface area contributed by atoms with Gasteiger partial charge in [-0.05, 0) is 25.0 Å². The van der Waals surface area contributed by atoms with Crippen molar-refractivity contribution in [2.75, 3.05) is 6.54 Å². The molecular weight excluding hydrogens is 376 g/mol. The van der Waals surface area contributed by atoms with E-state index in [-0.39, 0.29) is 17.5 Å². The Labute approximate surface area is 166 Å². The number of aromatic nitrogens is 3. The van der Waals surface area contributed by atoms with E-state index in [1.54, 1.807) is 28.6 Å². The molecule has 1 amide bonds. The molecular formula is C20H22N4O3S. The fourth-order valence-corrected chi connectivity index (χ4v) is 4.62. The van der Waals surface area contributed by atoms with Gasteiger partial charge in [-0.1, -0.05) is 43.4 Å². The smallest absolute Gasteiger partial charge is 0.410 e. The van der Waals surface area contributed by atoms with E-state index in [9.17, 15) is 9.59 Å². The molecule has 3 aromatic rings. The third-order valence-corrected chi connectivity index (χ3v) is 5.98. The Morgan fingerprint density at radius 1 is 1.25 bits per heavy atom. The zero-order valence-electron chi connectivity index (χ0n) is 16.1. The molecule has 28 heavy (non-hydrogen) atoms. The molecule has 2 aromatic heterocycles. The van der Waals surface area contributed by atoms with Crippen molar-refractivity contribution in [3.05, 3.63) is 51.5 Å². The van der Waals surface area contributed by atoms with E-state index in [2.05, 4.69) is 9.97 Å². The number of rotatable bonds is 3. The predicted octanol–water partition coefficient (Wildman–Crippen LogP) is 3.85. The molecule has 1 aliphatic heterocycles. The van der Waals surface area contributed by atoms with Crippen LogP contribution in [0.4, 0.5) is 4.79 Å². The maximum atomic E-state index is 12.7. The Kier molecular flexibility index (Phi) is 4.89. The zero-order chi connectivity index (χ0) is 19.8. The maximum absolute atomic E-state index is 12.7. The molecule has 1 fully saturated rings. The lowest BCUT2D eigenvalue weighted by molar-refractivity contribution is 0.147. The molecule has 4 rings (SSSR count). The van der Waals surface area contributed by atoms with Gasteiger partial charge in [0.15, 0.2) is 10.3 Å². The number of para-hydroxylation sites is 1. The van der Waals surface area contributed by atoms with E-state index >= 15 is 0 Å². The highest BCUT2D eigenvalue weighted by Gasteiger charge is 2.34. The third kappa shape index (κ3) is 3.28. The number of thiazole rings is 1. The lowest BCUT2D eigenvalue weighted by Gasteiger charge is -2.22. The lowest BCUT2D eigenvalue weighted by Crippen LogP contribution is -2.33. The monoisotopic (exact) mass is 398 g/mol. The van der Waals surface area contributed by atoms with Crippen LogP contribution < -0.4 is 10.3 Å². The van der Waals surface area contributed by atoms with Gasteiger partial charge in [-0.25, -0.2) is 14.8 Å². The van der Waals surface area contributed by atoms with Crippen LogP contribution in [0.3, 0.4) is 0 Å². The summed E-state index contributed by atoms with van der Waals surface area (Å²) in [6.07, 6.45) is 1.27. The summed E-state index contributed by atoms with van der Waals surface area (Å²) < 4.78 is 7.06. The molecule has 0 bridgehead atoms. The fraction of sp³-hybridized carbons (Fsp3) is 0.400. The number of fused-ring (bicyclic) bond motifs is 1. The van der Waals surface area contributed by atoms with Gasteiger partial charge in [0.2, 0.25) is 0 Å². The predicted molar refractivity (Wildman–Crippen MR) is 108 cm³/mol. The van der Waals surface area contributed by atoms with Crippen LogP contribution in [0.2, 0.25) is 0 Å². The van der Waals surface area contributed by atoms with Crippen molar-refractivity contribution in [2.45, 2.75) is 38.6 Å². The fourth-order valence-electron chi connectivity index (χ4n) is 3.53. The third-order valence-electron chi connectivity index (χ3n) is 4.93. The first kappa shape index (κ1) is 18.6. The van der Waals surface area contributed by atoms with Gasteiger partial charge >= 0.3 is 6.09 Å². The van der Waals surface area contributed by atoms with Gasteiger partial charge < -0.3 is 4.74 Å². The number of hydrogen-bond donors (Lipinski definition) is 0. The molecule has 0 N–H and O–H groups in total. The van der Waals surface area contributed by atoms with Gasteiger partial charge in [-0.2, -0.15) is 0 Å². The highest BCUT2D eigenvalue weighted by molar-refractivity contribution is 7.18. The Balaban J connectivity index is 1.66. The van der Waals surface area contributed by atoms with Crippen molar-refractivity contribution in [2.24, 2.45) is 7.05 Å². The quantitative estimate of drug-likeness (QED) is 0.670. The second-order valence-electron chi connectivity index (χ2n) is 7.23. The lowest BCUT2D eigenvalue weighted by atomic mass is 10.2. The summed E-state index contributed by atoms with van der Waals surface area (Å²) in [6, 6.07) is 8.83. The van der Waals surface area contributed by atoms with E-state index in [1.165, 1.54) is 11.3 Å². The molecule has 1 aromatic carbocycles. The maximum Gasteiger partial charge on any atom is 0.415 e. The van der Waals surface area contributed by atoms with Crippen molar-refractivity contribution in [3.8, 4) is 5.75 Å². The van der Waals surface area contributed by atoms with Crippen LogP contribution in [0.1, 0.15) is 49.5 Å². The van der Waals surface area contributed by atoms with E-state index in [0.717, 1.165) is 23.7 Å². The van der Waals surface area contributed by atoms with Crippen LogP contribution >= 0.6 is 11.3 Å². The van der Waals surface area contributed by atoms with Crippen molar-refractivity contribution < 1.29 is 9.53 Å². The minimum Gasteiger partial charge on any atom is -0.410 e. The summed E-state index contributed by atoms with van der Waals surface area (Å²) >= 11 is 1.39. The van der Waals surface area contributed by atoms with Gasteiger partial charge in [0, 0.05) is 19.5 Å². The average Bonchev–Trinajstić information content (AvgIpc) is 3.32. The number of carbonyl (C=O) groups excluding carboxylic acids is 1. The van der Waals surface area contributed by atoms with E-state index in [4.69, 9.17) is 4.74 Å². The molecule has 7 nitrogen and oxygen atoms in total. The minimum atomic E-state index is -0.392. The molecule has 0 spiro atoms. The largest absolute Gasteiger partial charge is 0.415 e. The van der Waals surface area contributed by atoms with Gasteiger partial charge in [-0.15, -0.1) is 0 Å². The molecule has 0 saturated carbocycles. The number of amides is 1. The molecule has 1 saturated heterocycles. The number of ether oxygens (including phenoxy) is 1. The van der Waals surface area contributed by atoms with Crippen LogP contribution in [0.5, 0.6) is 5.75 Å². The van der Waals surface area contributed by atoms with Crippen LogP contribution in [-0.2, 0) is 7.05 Å². The number of likely N-dealkylation sites (tertiary alicyclic amines) is 1. The number of hydrogen-bond acceptors (Lipinski definition) is 6. The van der Waals surface area contributed by atoms with Crippen LogP contribution in [0.15, 0.2) is 35.1 Å². The molecule has 146 valence electrons. The molecule has 3 heterocycles. The van der Waals surface area contributed by atoms with Crippen molar-refractivity contribution >= 4 is 27.8 Å². The number of carbonyl (C=O) groups is 1. The SMILES string of the molecule is CC(C)c1nc2sc([C@H]3CCCN3C(=O)Oc3ccccc3)nc2c(=O)n1C. The van der Waals surface area contributed by atoms with Crippen molar-refractivity contribution in [1.29, 1.82) is 0 Å². The molecule has 0 aliphatic carbocycles. The minimum absolute atomic E-state index is 0.136. The van der Waals surface area contributed by atoms with E-state index in [1.807, 2.05) is 32.0 Å². The van der Waals surface area contributed by atoms with Gasteiger partial charge in [-0.3, -0.25) is 14.3 Å².